The van der Waals surface area contributed by atoms with Gasteiger partial charge in [-0.3, -0.25) is 4.79 Å². The van der Waals surface area contributed by atoms with E-state index in [1.54, 1.807) is 26.2 Å². The van der Waals surface area contributed by atoms with Crippen molar-refractivity contribution >= 4 is 11.5 Å². The number of ether oxygens (including phenoxy) is 1. The number of carbonyl (C=O) groups is 1. The van der Waals surface area contributed by atoms with Crippen LogP contribution >= 0.6 is 0 Å². The Bertz CT molecular complexity index is 970. The van der Waals surface area contributed by atoms with Gasteiger partial charge in [-0.2, -0.15) is 0 Å². The van der Waals surface area contributed by atoms with E-state index in [2.05, 4.69) is 0 Å². The zero-order valence-corrected chi connectivity index (χ0v) is 14.2. The molecule has 0 amide bonds. The van der Waals surface area contributed by atoms with Crippen LogP contribution in [0.25, 0.3) is 5.57 Å². The summed E-state index contributed by atoms with van der Waals surface area (Å²) < 4.78 is 38.1. The van der Waals surface area contributed by atoms with Crippen LogP contribution in [0.3, 0.4) is 0 Å². The van der Waals surface area contributed by atoms with Gasteiger partial charge in [-0.05, 0) is 54.9 Å². The summed E-state index contributed by atoms with van der Waals surface area (Å²) in [4.78, 5) is 12.9. The van der Waals surface area contributed by atoms with Crippen molar-refractivity contribution < 1.29 is 20.1 Å². The van der Waals surface area contributed by atoms with Gasteiger partial charge >= 0.3 is 5.97 Å². The number of fused-ring (bicyclic) bond motifs is 2. The molecule has 1 N–H and O–H groups in total. The first kappa shape index (κ1) is 12.7. The van der Waals surface area contributed by atoms with Gasteiger partial charge in [-0.1, -0.05) is 36.4 Å². The summed E-state index contributed by atoms with van der Waals surface area (Å²) in [6.45, 7) is -1.27. The molecule has 1 aliphatic heterocycles. The van der Waals surface area contributed by atoms with Crippen molar-refractivity contribution in [1.29, 1.82) is 0 Å². The fourth-order valence-corrected chi connectivity index (χ4v) is 2.83. The van der Waals surface area contributed by atoms with E-state index in [-0.39, 0.29) is 12.0 Å². The Morgan fingerprint density at radius 2 is 2.08 bits per heavy atom. The molecular weight excluding hydrogens is 314 g/mol. The molecule has 4 nitrogen and oxygen atoms in total. The van der Waals surface area contributed by atoms with Gasteiger partial charge in [0.1, 0.15) is 12.4 Å². The first-order chi connectivity index (χ1) is 13.5. The van der Waals surface area contributed by atoms with Crippen molar-refractivity contribution in [3.05, 3.63) is 70.8 Å². The number of hydrogen-bond donors (Lipinski definition) is 1. The molecule has 0 atom stereocenters. The largest absolute Gasteiger partial charge is 0.488 e. The molecule has 1 heterocycles. The molecule has 130 valence electrons. The summed E-state index contributed by atoms with van der Waals surface area (Å²) in [6, 6.07) is 12.1. The number of rotatable bonds is 5. The van der Waals surface area contributed by atoms with E-state index in [9.17, 15) is 9.90 Å². The van der Waals surface area contributed by atoms with E-state index >= 15 is 0 Å². The van der Waals surface area contributed by atoms with Crippen molar-refractivity contribution in [2.24, 2.45) is 0 Å². The lowest BCUT2D eigenvalue weighted by atomic mass is 9.92. The Morgan fingerprint density at radius 3 is 2.84 bits per heavy atom. The normalized spacial score (nSPS) is 18.1. The van der Waals surface area contributed by atoms with Gasteiger partial charge < -0.3 is 14.7 Å². The van der Waals surface area contributed by atoms with E-state index in [0.29, 0.717) is 23.5 Å². The zero-order valence-electron chi connectivity index (χ0n) is 18.2. The molecule has 2 aromatic carbocycles. The van der Waals surface area contributed by atoms with Gasteiger partial charge in [0, 0.05) is 17.5 Å². The van der Waals surface area contributed by atoms with Gasteiger partial charge in [0.2, 0.25) is 0 Å². The second-order valence-corrected chi connectivity index (χ2v) is 5.96. The highest BCUT2D eigenvalue weighted by atomic mass is 16.5. The SMILES string of the molecule is [2H]C([2H])(C(=O)O)c1ccc2c(c1)/C(=C/CC([2H])([2H])N(C)C)c1ccccc1CO2. The van der Waals surface area contributed by atoms with Gasteiger partial charge in [0.25, 0.3) is 0 Å². The third kappa shape index (κ3) is 4.09. The van der Waals surface area contributed by atoms with E-state index in [1.807, 2.05) is 24.3 Å². The standard InChI is InChI=1S/C21H23NO3/c1-22(2)11-5-8-18-17-7-4-3-6-16(17)14-25-20-10-9-15(12-19(18)20)13-21(23)24/h3-4,6-10,12H,5,11,13-14H2,1-2H3,(H,23,24)/b18-8+/i11D2,13D2. The van der Waals surface area contributed by atoms with Crippen LogP contribution in [0.1, 0.15) is 34.2 Å². The van der Waals surface area contributed by atoms with E-state index in [4.69, 9.17) is 10.2 Å². The summed E-state index contributed by atoms with van der Waals surface area (Å²) in [5.41, 5.74) is 3.03. The summed E-state index contributed by atoms with van der Waals surface area (Å²) in [6.07, 6.45) is -0.685. The lowest BCUT2D eigenvalue weighted by molar-refractivity contribution is -0.136. The Morgan fingerprint density at radius 1 is 1.28 bits per heavy atom. The number of aliphatic carboxylic acids is 1. The minimum Gasteiger partial charge on any atom is -0.488 e. The van der Waals surface area contributed by atoms with Crippen molar-refractivity contribution in [2.45, 2.75) is 19.4 Å². The molecule has 0 bridgehead atoms. The third-order valence-electron chi connectivity index (χ3n) is 3.93. The molecule has 0 aromatic heterocycles. The maximum absolute atomic E-state index is 11.4. The fraction of sp³-hybridized carbons (Fsp3) is 0.286. The molecule has 0 saturated heterocycles. The van der Waals surface area contributed by atoms with E-state index in [1.165, 1.54) is 17.0 Å². The quantitative estimate of drug-likeness (QED) is 0.903. The second-order valence-electron chi connectivity index (χ2n) is 5.96. The number of carboxylic acids is 1. The predicted molar refractivity (Wildman–Crippen MR) is 98.8 cm³/mol. The van der Waals surface area contributed by atoms with E-state index < -0.39 is 18.8 Å². The average Bonchev–Trinajstić information content (AvgIpc) is 2.82. The smallest absolute Gasteiger partial charge is 0.307 e. The van der Waals surface area contributed by atoms with Crippen LogP contribution in [-0.4, -0.2) is 36.6 Å². The number of benzene rings is 2. The van der Waals surface area contributed by atoms with Crippen LogP contribution in [0.4, 0.5) is 0 Å². The maximum Gasteiger partial charge on any atom is 0.307 e. The van der Waals surface area contributed by atoms with Crippen LogP contribution in [0.15, 0.2) is 48.5 Å². The minimum atomic E-state index is -2.55. The zero-order chi connectivity index (χ0) is 21.4. The first-order valence-electron chi connectivity index (χ1n) is 10.0. The molecule has 4 heteroatoms. The van der Waals surface area contributed by atoms with Crippen LogP contribution in [0.5, 0.6) is 5.75 Å². The van der Waals surface area contributed by atoms with Crippen LogP contribution in [0, 0.1) is 0 Å². The van der Waals surface area contributed by atoms with Crippen LogP contribution < -0.4 is 4.74 Å². The lowest BCUT2D eigenvalue weighted by Crippen LogP contribution is -2.12. The Balaban J connectivity index is 2.19. The molecular formula is C21H23NO3. The summed E-state index contributed by atoms with van der Waals surface area (Å²) >= 11 is 0. The minimum absolute atomic E-state index is 0.00764. The molecule has 0 aliphatic carbocycles. The molecule has 0 spiro atoms. The predicted octanol–water partition coefficient (Wildman–Crippen LogP) is 3.59. The number of hydrogen-bond acceptors (Lipinski definition) is 3. The summed E-state index contributed by atoms with van der Waals surface area (Å²) in [5.74, 6) is -1.07. The highest BCUT2D eigenvalue weighted by molar-refractivity contribution is 5.85. The molecule has 1 aliphatic rings. The molecule has 3 rings (SSSR count). The number of nitrogens with zero attached hydrogens (tertiary/aromatic N) is 1. The highest BCUT2D eigenvalue weighted by Crippen LogP contribution is 2.37. The van der Waals surface area contributed by atoms with Crippen molar-refractivity contribution in [1.82, 2.24) is 4.90 Å². The molecule has 2 aromatic rings. The molecule has 0 saturated carbocycles. The molecule has 25 heavy (non-hydrogen) atoms. The topological polar surface area (TPSA) is 49.8 Å². The second kappa shape index (κ2) is 7.53. The Kier molecular flexibility index (Phi) is 3.83. The maximum atomic E-state index is 11.4. The van der Waals surface area contributed by atoms with Crippen LogP contribution in [0.2, 0.25) is 0 Å². The molecule has 0 radical (unpaired) electrons. The van der Waals surface area contributed by atoms with Crippen molar-refractivity contribution in [3.63, 3.8) is 0 Å². The lowest BCUT2D eigenvalue weighted by Gasteiger charge is -2.13. The van der Waals surface area contributed by atoms with Gasteiger partial charge in [-0.25, -0.2) is 0 Å². The molecule has 0 unspecified atom stereocenters. The van der Waals surface area contributed by atoms with Gasteiger partial charge in [-0.15, -0.1) is 0 Å². The Labute approximate surface area is 154 Å². The Hall–Kier alpha value is -2.59. The summed E-state index contributed by atoms with van der Waals surface area (Å²) in [7, 11) is 3.33. The molecule has 0 fully saturated rings. The van der Waals surface area contributed by atoms with Gasteiger partial charge in [0.15, 0.2) is 0 Å². The van der Waals surface area contributed by atoms with Gasteiger partial charge in [0.05, 0.1) is 6.37 Å². The van der Waals surface area contributed by atoms with Crippen molar-refractivity contribution in [2.75, 3.05) is 20.6 Å². The monoisotopic (exact) mass is 341 g/mol. The fourth-order valence-electron chi connectivity index (χ4n) is 2.83. The average molecular weight is 341 g/mol. The van der Waals surface area contributed by atoms with E-state index in [0.717, 1.165) is 11.1 Å². The third-order valence-corrected chi connectivity index (χ3v) is 3.93. The number of carboxylic acid groups (broad SMARTS) is 1. The van der Waals surface area contributed by atoms with Crippen LogP contribution in [-0.2, 0) is 17.8 Å². The summed E-state index contributed by atoms with van der Waals surface area (Å²) in [5, 5.41) is 9.27. The first-order valence-corrected chi connectivity index (χ1v) is 8.01. The van der Waals surface area contributed by atoms with Crippen molar-refractivity contribution in [3.8, 4) is 5.75 Å². The highest BCUT2D eigenvalue weighted by Gasteiger charge is 2.19.